The van der Waals surface area contributed by atoms with E-state index >= 15 is 0 Å². The molecule has 152 valence electrons. The van der Waals surface area contributed by atoms with Crippen molar-refractivity contribution in [2.75, 3.05) is 6.54 Å². The van der Waals surface area contributed by atoms with E-state index in [9.17, 15) is 0 Å². The Hall–Kier alpha value is -2.73. The van der Waals surface area contributed by atoms with Crippen LogP contribution in [0.4, 0.5) is 9.41 Å². The Labute approximate surface area is 172 Å². The summed E-state index contributed by atoms with van der Waals surface area (Å²) >= 11 is 0. The minimum Gasteiger partial charge on any atom is -0.355 e. The Morgan fingerprint density at radius 3 is 2.48 bits per heavy atom. The molecule has 0 saturated heterocycles. The molecule has 1 aliphatic heterocycles. The third kappa shape index (κ3) is 5.88. The summed E-state index contributed by atoms with van der Waals surface area (Å²) in [4.78, 5) is 3.54. The number of halogens is 2. The van der Waals surface area contributed by atoms with E-state index in [-0.39, 0.29) is 9.41 Å². The van der Waals surface area contributed by atoms with Gasteiger partial charge in [-0.15, -0.1) is 0 Å². The van der Waals surface area contributed by atoms with Crippen LogP contribution in [0.5, 0.6) is 0 Å². The number of nitrogens with two attached hydrogens (primary N) is 1. The molecule has 3 rings (SSSR count). The molecular weight excluding hydrogens is 367 g/mol. The van der Waals surface area contributed by atoms with Gasteiger partial charge in [-0.1, -0.05) is 43.7 Å². The van der Waals surface area contributed by atoms with E-state index in [4.69, 9.17) is 13.7 Å². The quantitative estimate of drug-likeness (QED) is 0.663. The van der Waals surface area contributed by atoms with Gasteiger partial charge in [-0.3, -0.25) is 13.9 Å². The second kappa shape index (κ2) is 11.3. The highest BCUT2D eigenvalue weighted by atomic mass is 19.0. The van der Waals surface area contributed by atoms with Crippen LogP contribution in [0.2, 0.25) is 0 Å². The molecule has 0 fully saturated rings. The summed E-state index contributed by atoms with van der Waals surface area (Å²) in [5.41, 5.74) is 13.9. The van der Waals surface area contributed by atoms with Gasteiger partial charge < -0.3 is 10.7 Å². The van der Waals surface area contributed by atoms with E-state index in [0.717, 1.165) is 35.5 Å². The van der Waals surface area contributed by atoms with E-state index < -0.39 is 0 Å². The summed E-state index contributed by atoms with van der Waals surface area (Å²) in [6.45, 7) is 4.90. The summed E-state index contributed by atoms with van der Waals surface area (Å²) < 4.78 is 1.65. The van der Waals surface area contributed by atoms with Crippen molar-refractivity contribution in [3.05, 3.63) is 76.3 Å². The van der Waals surface area contributed by atoms with Crippen molar-refractivity contribution < 1.29 is 13.9 Å². The number of aromatic nitrogens is 1. The average Bonchev–Trinajstić information content (AvgIpc) is 3.25. The Balaban J connectivity index is 0.00000210. The number of hydrogen-bond donors (Lipinski definition) is 2. The fraction of sp³-hybridized carbons (Fsp3) is 0.261. The number of H-pyrrole nitrogens is 1. The van der Waals surface area contributed by atoms with Crippen LogP contribution in [-0.4, -0.2) is 30.2 Å². The van der Waals surface area contributed by atoms with E-state index in [2.05, 4.69) is 61.3 Å². The highest BCUT2D eigenvalue weighted by Crippen LogP contribution is 2.27. The number of aromatic amines is 1. The maximum absolute atomic E-state index is 6.06. The minimum atomic E-state index is 0. The lowest BCUT2D eigenvalue weighted by Crippen LogP contribution is -2.09. The monoisotopic (exact) mass is 396 g/mol. The summed E-state index contributed by atoms with van der Waals surface area (Å²) in [5, 5.41) is 0. The van der Waals surface area contributed by atoms with Crippen LogP contribution >= 0.6 is 0 Å². The smallest absolute Gasteiger partial charge is 0.355 e. The number of benzene rings is 1. The van der Waals surface area contributed by atoms with Gasteiger partial charge in [-0.25, -0.2) is 0 Å². The number of nitrogens with zero attached hydrogens (tertiary/aromatic N) is 1. The molecule has 0 atom stereocenters. The number of nitrogens with one attached hydrogen (secondary N) is 1. The number of allylic oxidation sites excluding steroid dienone is 2. The van der Waals surface area contributed by atoms with Gasteiger partial charge >= 0.3 is 7.98 Å². The van der Waals surface area contributed by atoms with Gasteiger partial charge in [0.05, 0.1) is 5.69 Å². The van der Waals surface area contributed by atoms with Crippen LogP contribution in [-0.2, 0) is 6.42 Å². The third-order valence-corrected chi connectivity index (χ3v) is 4.79. The fourth-order valence-electron chi connectivity index (χ4n) is 3.43. The second-order valence-corrected chi connectivity index (χ2v) is 6.93. The molecule has 0 amide bonds. The molecule has 2 heterocycles. The summed E-state index contributed by atoms with van der Waals surface area (Å²) in [7, 11) is 6.06. The molecule has 0 bridgehead atoms. The van der Waals surface area contributed by atoms with Crippen molar-refractivity contribution in [3.8, 4) is 0 Å². The van der Waals surface area contributed by atoms with Crippen LogP contribution in [0, 0.1) is 6.92 Å². The minimum absolute atomic E-state index is 0. The first-order valence-corrected chi connectivity index (χ1v) is 9.58. The molecule has 1 aromatic carbocycles. The van der Waals surface area contributed by atoms with Crippen LogP contribution in [0.3, 0.4) is 0 Å². The van der Waals surface area contributed by atoms with E-state index in [0.29, 0.717) is 6.54 Å². The molecular formula is C23H29BF2N3+. The molecule has 1 aliphatic rings. The van der Waals surface area contributed by atoms with Gasteiger partial charge in [0.25, 0.3) is 0 Å². The zero-order chi connectivity index (χ0) is 19.2. The Morgan fingerprint density at radius 1 is 1.17 bits per heavy atom. The summed E-state index contributed by atoms with van der Waals surface area (Å²) in [5.74, 6) is 0. The molecule has 3 N–H and O–H groups in total. The molecule has 3 nitrogen and oxygen atoms in total. The zero-order valence-electron chi connectivity index (χ0n) is 17.0. The largest absolute Gasteiger partial charge is 0.586 e. The molecule has 0 saturated carbocycles. The summed E-state index contributed by atoms with van der Waals surface area (Å²) in [6.07, 6.45) is 13.2. The van der Waals surface area contributed by atoms with Gasteiger partial charge in [-0.05, 0) is 55.1 Å². The molecule has 29 heavy (non-hydrogen) atoms. The highest BCUT2D eigenvalue weighted by molar-refractivity contribution is 6.01. The van der Waals surface area contributed by atoms with Crippen molar-refractivity contribution in [1.29, 1.82) is 0 Å². The van der Waals surface area contributed by atoms with Gasteiger partial charge in [-0.2, -0.15) is 0 Å². The van der Waals surface area contributed by atoms with Crippen LogP contribution < -0.4 is 5.73 Å². The fourth-order valence-corrected chi connectivity index (χ4v) is 3.43. The molecule has 6 heteroatoms. The lowest BCUT2D eigenvalue weighted by atomic mass is 10.0. The topological polar surface area (TPSA) is 44.8 Å². The zero-order valence-corrected chi connectivity index (χ0v) is 17.0. The van der Waals surface area contributed by atoms with Crippen molar-refractivity contribution in [2.24, 2.45) is 5.73 Å². The number of hydrogen-bond acceptors (Lipinski definition) is 1. The first-order chi connectivity index (χ1) is 13.1. The molecule has 1 aromatic heterocycles. The van der Waals surface area contributed by atoms with Gasteiger partial charge in [0.2, 0.25) is 0 Å². The Morgan fingerprint density at radius 2 is 1.90 bits per heavy atom. The van der Waals surface area contributed by atoms with E-state index in [1.165, 1.54) is 23.1 Å². The Bertz CT molecular complexity index is 922. The molecule has 2 aromatic rings. The number of rotatable bonds is 7. The third-order valence-electron chi connectivity index (χ3n) is 4.79. The SMILES string of the molecule is F.F.[B][N+]1=CC=CC1=C(CCN)c1[nH]c(/C=C/c2ccc(CCC)cc2)cc1C. The molecule has 0 spiro atoms. The first kappa shape index (κ1) is 24.3. The maximum atomic E-state index is 6.06. The van der Waals surface area contributed by atoms with Crippen molar-refractivity contribution >= 4 is 31.9 Å². The van der Waals surface area contributed by atoms with Crippen LogP contribution in [0.25, 0.3) is 17.7 Å². The average molecular weight is 396 g/mol. The second-order valence-electron chi connectivity index (χ2n) is 6.93. The standard InChI is InChI=1S/C23H27BN3.2FH/c1-3-5-18-7-9-19(10-8-18)11-12-20-16-17(2)23(26-20)21(13-14-25)22-6-4-15-27(22)24;;/h4,6-12,15-16,26H,3,5,13-14,25H2,1-2H3;2*1H/q+1;;/b12-11+;;. The van der Waals surface area contributed by atoms with Crippen molar-refractivity contribution in [1.82, 2.24) is 4.98 Å². The van der Waals surface area contributed by atoms with Gasteiger partial charge in [0, 0.05) is 23.4 Å². The number of aryl methyl sites for hydroxylation is 2. The van der Waals surface area contributed by atoms with E-state index in [1.807, 2.05) is 18.4 Å². The lowest BCUT2D eigenvalue weighted by Gasteiger charge is -2.07. The lowest BCUT2D eigenvalue weighted by molar-refractivity contribution is -0.294. The van der Waals surface area contributed by atoms with E-state index in [1.54, 1.807) is 4.49 Å². The van der Waals surface area contributed by atoms with Crippen molar-refractivity contribution in [3.63, 3.8) is 0 Å². The maximum Gasteiger partial charge on any atom is 0.586 e. The van der Waals surface area contributed by atoms with Crippen LogP contribution in [0.15, 0.2) is 48.2 Å². The van der Waals surface area contributed by atoms with Gasteiger partial charge in [0.1, 0.15) is 6.21 Å². The Kier molecular flexibility index (Phi) is 9.49. The van der Waals surface area contributed by atoms with Gasteiger partial charge in [0.15, 0.2) is 5.70 Å². The molecule has 0 aliphatic carbocycles. The first-order valence-electron chi connectivity index (χ1n) is 9.58. The van der Waals surface area contributed by atoms with Crippen LogP contribution in [0.1, 0.15) is 47.8 Å². The summed E-state index contributed by atoms with van der Waals surface area (Å²) in [6, 6.07) is 10.9. The molecule has 0 unspecified atom stereocenters. The predicted molar refractivity (Wildman–Crippen MR) is 122 cm³/mol. The highest BCUT2D eigenvalue weighted by Gasteiger charge is 2.20. The molecule has 2 radical (unpaired) electrons. The predicted octanol–water partition coefficient (Wildman–Crippen LogP) is 4.55. The van der Waals surface area contributed by atoms with Crippen molar-refractivity contribution in [2.45, 2.75) is 33.1 Å². The normalized spacial score (nSPS) is 14.5.